The Bertz CT molecular complexity index is 471. The summed E-state index contributed by atoms with van der Waals surface area (Å²) in [6.45, 7) is 5.72. The van der Waals surface area contributed by atoms with E-state index >= 15 is 0 Å². The Kier molecular flexibility index (Phi) is 6.81. The van der Waals surface area contributed by atoms with Crippen LogP contribution < -0.4 is 0 Å². The van der Waals surface area contributed by atoms with Crippen LogP contribution >= 0.6 is 0 Å². The molecule has 0 atom stereocenters. The number of rotatable bonds is 9. The van der Waals surface area contributed by atoms with E-state index in [1.165, 1.54) is 12.1 Å². The van der Waals surface area contributed by atoms with Crippen LogP contribution in [0.4, 0.5) is 5.69 Å². The van der Waals surface area contributed by atoms with Gasteiger partial charge in [0.15, 0.2) is 0 Å². The maximum atomic E-state index is 10.6. The molecule has 6 nitrogen and oxygen atoms in total. The molecule has 0 aliphatic carbocycles. The van der Waals surface area contributed by atoms with Crippen molar-refractivity contribution in [2.75, 3.05) is 13.1 Å². The Morgan fingerprint density at radius 1 is 1.29 bits per heavy atom. The van der Waals surface area contributed by atoms with Crippen LogP contribution in [0.3, 0.4) is 0 Å². The van der Waals surface area contributed by atoms with Gasteiger partial charge in [-0.15, -0.1) is 0 Å². The summed E-state index contributed by atoms with van der Waals surface area (Å²) < 4.78 is 0. The molecule has 0 heterocycles. The van der Waals surface area contributed by atoms with Gasteiger partial charge in [0.05, 0.1) is 4.92 Å². The topological polar surface area (TPSA) is 83.7 Å². The minimum absolute atomic E-state index is 0.0981. The van der Waals surface area contributed by atoms with Crippen molar-refractivity contribution in [2.45, 2.75) is 39.2 Å². The lowest BCUT2D eigenvalue weighted by atomic mass is 10.1. The number of benzene rings is 1. The first-order chi connectivity index (χ1) is 9.90. The maximum Gasteiger partial charge on any atom is 0.303 e. The molecule has 1 rings (SSSR count). The van der Waals surface area contributed by atoms with E-state index in [0.717, 1.165) is 25.1 Å². The van der Waals surface area contributed by atoms with Crippen LogP contribution in [-0.4, -0.2) is 40.0 Å². The summed E-state index contributed by atoms with van der Waals surface area (Å²) in [6.07, 6.45) is 1.61. The first-order valence-corrected chi connectivity index (χ1v) is 7.09. The second-order valence-electron chi connectivity index (χ2n) is 5.30. The molecule has 1 aromatic rings. The highest BCUT2D eigenvalue weighted by atomic mass is 16.6. The van der Waals surface area contributed by atoms with Crippen molar-refractivity contribution in [2.24, 2.45) is 0 Å². The van der Waals surface area contributed by atoms with Gasteiger partial charge in [0.1, 0.15) is 0 Å². The molecule has 0 spiro atoms. The SMILES string of the molecule is CC(C)N(CCCC(=O)O)CCc1ccc([N+](=O)[O-])cc1. The van der Waals surface area contributed by atoms with E-state index in [-0.39, 0.29) is 12.1 Å². The highest BCUT2D eigenvalue weighted by molar-refractivity contribution is 5.66. The molecule has 0 aliphatic heterocycles. The summed E-state index contributed by atoms with van der Waals surface area (Å²) in [5.41, 5.74) is 1.14. The lowest BCUT2D eigenvalue weighted by Gasteiger charge is -2.26. The highest BCUT2D eigenvalue weighted by Gasteiger charge is 2.11. The van der Waals surface area contributed by atoms with Crippen molar-refractivity contribution in [1.29, 1.82) is 0 Å². The fourth-order valence-electron chi connectivity index (χ4n) is 2.12. The molecule has 0 saturated carbocycles. The second kappa shape index (κ2) is 8.36. The number of non-ortho nitro benzene ring substituents is 1. The number of hydrogen-bond acceptors (Lipinski definition) is 4. The Morgan fingerprint density at radius 2 is 1.90 bits per heavy atom. The number of carboxylic acid groups (broad SMARTS) is 1. The van der Waals surface area contributed by atoms with Crippen molar-refractivity contribution >= 4 is 11.7 Å². The van der Waals surface area contributed by atoms with E-state index in [0.29, 0.717) is 12.5 Å². The van der Waals surface area contributed by atoms with E-state index in [9.17, 15) is 14.9 Å². The summed E-state index contributed by atoms with van der Waals surface area (Å²) in [7, 11) is 0. The molecule has 21 heavy (non-hydrogen) atoms. The van der Waals surface area contributed by atoms with E-state index in [4.69, 9.17) is 5.11 Å². The van der Waals surface area contributed by atoms with Crippen molar-refractivity contribution < 1.29 is 14.8 Å². The first kappa shape index (κ1) is 17.1. The zero-order valence-corrected chi connectivity index (χ0v) is 12.5. The second-order valence-corrected chi connectivity index (χ2v) is 5.30. The third kappa shape index (κ3) is 6.35. The van der Waals surface area contributed by atoms with Crippen LogP contribution in [0.25, 0.3) is 0 Å². The minimum atomic E-state index is -0.769. The first-order valence-electron chi connectivity index (χ1n) is 7.09. The number of nitro groups is 1. The van der Waals surface area contributed by atoms with Crippen molar-refractivity contribution in [1.82, 2.24) is 4.90 Å². The van der Waals surface area contributed by atoms with Crippen LogP contribution in [0.5, 0.6) is 0 Å². The van der Waals surface area contributed by atoms with Gasteiger partial charge in [-0.3, -0.25) is 14.9 Å². The van der Waals surface area contributed by atoms with Gasteiger partial charge >= 0.3 is 5.97 Å². The van der Waals surface area contributed by atoms with Gasteiger partial charge in [-0.25, -0.2) is 0 Å². The molecule has 0 radical (unpaired) electrons. The van der Waals surface area contributed by atoms with Gasteiger partial charge in [-0.05, 0) is 38.8 Å². The van der Waals surface area contributed by atoms with Gasteiger partial charge in [0.25, 0.3) is 5.69 Å². The lowest BCUT2D eigenvalue weighted by molar-refractivity contribution is -0.384. The fraction of sp³-hybridized carbons (Fsp3) is 0.533. The summed E-state index contributed by atoms with van der Waals surface area (Å²) in [6, 6.07) is 6.91. The van der Waals surface area contributed by atoms with Gasteiger partial charge in [0, 0.05) is 31.1 Å². The Balaban J connectivity index is 2.48. The number of aliphatic carboxylic acids is 1. The number of carboxylic acids is 1. The minimum Gasteiger partial charge on any atom is -0.481 e. The number of nitro benzene ring substituents is 1. The number of carbonyl (C=O) groups is 1. The van der Waals surface area contributed by atoms with Gasteiger partial charge in [0.2, 0.25) is 0 Å². The molecule has 0 amide bonds. The summed E-state index contributed by atoms with van der Waals surface area (Å²) in [5.74, 6) is -0.769. The maximum absolute atomic E-state index is 10.6. The lowest BCUT2D eigenvalue weighted by Crippen LogP contribution is -2.34. The van der Waals surface area contributed by atoms with Crippen LogP contribution in [-0.2, 0) is 11.2 Å². The molecule has 0 unspecified atom stereocenters. The molecule has 1 aromatic carbocycles. The molecule has 116 valence electrons. The van der Waals surface area contributed by atoms with E-state index in [2.05, 4.69) is 18.7 Å². The van der Waals surface area contributed by atoms with Gasteiger partial charge in [-0.2, -0.15) is 0 Å². The molecular weight excluding hydrogens is 272 g/mol. The summed E-state index contributed by atoms with van der Waals surface area (Å²) in [5, 5.41) is 19.3. The third-order valence-electron chi connectivity index (χ3n) is 3.40. The Hall–Kier alpha value is -1.95. The average Bonchev–Trinajstić information content (AvgIpc) is 2.42. The monoisotopic (exact) mass is 294 g/mol. The molecule has 1 N–H and O–H groups in total. The number of hydrogen-bond donors (Lipinski definition) is 1. The van der Waals surface area contributed by atoms with Crippen molar-refractivity contribution in [3.8, 4) is 0 Å². The average molecular weight is 294 g/mol. The quantitative estimate of drug-likeness (QED) is 0.559. The van der Waals surface area contributed by atoms with E-state index < -0.39 is 10.9 Å². The summed E-state index contributed by atoms with van der Waals surface area (Å²) >= 11 is 0. The smallest absolute Gasteiger partial charge is 0.303 e. The van der Waals surface area contributed by atoms with Crippen LogP contribution in [0.2, 0.25) is 0 Å². The highest BCUT2D eigenvalue weighted by Crippen LogP contribution is 2.13. The molecular formula is C15H22N2O4. The molecule has 0 aliphatic rings. The summed E-state index contributed by atoms with van der Waals surface area (Å²) in [4.78, 5) is 23.0. The Morgan fingerprint density at radius 3 is 2.38 bits per heavy atom. The van der Waals surface area contributed by atoms with Gasteiger partial charge < -0.3 is 10.0 Å². The van der Waals surface area contributed by atoms with E-state index in [1.807, 2.05) is 0 Å². The van der Waals surface area contributed by atoms with E-state index in [1.54, 1.807) is 12.1 Å². The fourth-order valence-corrected chi connectivity index (χ4v) is 2.12. The predicted molar refractivity (Wildman–Crippen MR) is 80.4 cm³/mol. The molecule has 0 fully saturated rings. The van der Waals surface area contributed by atoms with Crippen LogP contribution in [0, 0.1) is 10.1 Å². The van der Waals surface area contributed by atoms with Crippen LogP contribution in [0.1, 0.15) is 32.3 Å². The normalized spacial score (nSPS) is 11.0. The van der Waals surface area contributed by atoms with Gasteiger partial charge in [-0.1, -0.05) is 12.1 Å². The van der Waals surface area contributed by atoms with Crippen LogP contribution in [0.15, 0.2) is 24.3 Å². The molecule has 6 heteroatoms. The largest absolute Gasteiger partial charge is 0.481 e. The van der Waals surface area contributed by atoms with Crippen molar-refractivity contribution in [3.63, 3.8) is 0 Å². The zero-order valence-electron chi connectivity index (χ0n) is 12.5. The zero-order chi connectivity index (χ0) is 15.8. The standard InChI is InChI=1S/C15H22N2O4/c1-12(2)16(10-3-4-15(18)19)11-9-13-5-7-14(8-6-13)17(20)21/h5-8,12H,3-4,9-11H2,1-2H3,(H,18,19). The predicted octanol–water partition coefficient (Wildman–Crippen LogP) is 2.71. The molecule has 0 aromatic heterocycles. The number of nitrogens with zero attached hydrogens (tertiary/aromatic N) is 2. The Labute approximate surface area is 124 Å². The van der Waals surface area contributed by atoms with Crippen molar-refractivity contribution in [3.05, 3.63) is 39.9 Å². The molecule has 0 bridgehead atoms. The third-order valence-corrected chi connectivity index (χ3v) is 3.40. The molecule has 0 saturated heterocycles.